The summed E-state index contributed by atoms with van der Waals surface area (Å²) in [7, 11) is 1.68. The van der Waals surface area contributed by atoms with Crippen LogP contribution < -0.4 is 5.32 Å². The molecule has 0 aliphatic carbocycles. The number of aromatic nitrogens is 2. The number of carbonyl (C=O) groups is 1. The van der Waals surface area contributed by atoms with Crippen molar-refractivity contribution >= 4 is 11.8 Å². The fourth-order valence-corrected chi connectivity index (χ4v) is 1.17. The van der Waals surface area contributed by atoms with Gasteiger partial charge in [0, 0.05) is 13.1 Å². The van der Waals surface area contributed by atoms with E-state index < -0.39 is 12.6 Å². The number of esters is 1. The summed E-state index contributed by atoms with van der Waals surface area (Å²) in [5, 5.41) is 6.75. The van der Waals surface area contributed by atoms with Crippen molar-refractivity contribution in [3.05, 3.63) is 11.8 Å². The van der Waals surface area contributed by atoms with E-state index in [0.717, 1.165) is 0 Å². The lowest BCUT2D eigenvalue weighted by Gasteiger charge is -2.02. The number of rotatable bonds is 5. The van der Waals surface area contributed by atoms with Gasteiger partial charge in [-0.2, -0.15) is 5.10 Å². The van der Waals surface area contributed by atoms with E-state index in [4.69, 9.17) is 4.74 Å². The molecule has 0 radical (unpaired) electrons. The Morgan fingerprint density at radius 2 is 2.47 bits per heavy atom. The van der Waals surface area contributed by atoms with Gasteiger partial charge in [0.25, 0.3) is 0 Å². The van der Waals surface area contributed by atoms with Gasteiger partial charge in [0.2, 0.25) is 0 Å². The normalized spacial score (nSPS) is 10.1. The van der Waals surface area contributed by atoms with Crippen molar-refractivity contribution in [3.63, 3.8) is 0 Å². The SMILES string of the molecule is CCOC(=O)c1cc(NC)n(CCF)n1. The zero-order valence-electron chi connectivity index (χ0n) is 8.79. The largest absolute Gasteiger partial charge is 0.461 e. The fourth-order valence-electron chi connectivity index (χ4n) is 1.17. The molecule has 0 spiro atoms. The molecule has 15 heavy (non-hydrogen) atoms. The van der Waals surface area contributed by atoms with Crippen molar-refractivity contribution in [2.75, 3.05) is 25.6 Å². The summed E-state index contributed by atoms with van der Waals surface area (Å²) in [4.78, 5) is 11.3. The average Bonchev–Trinajstić information content (AvgIpc) is 2.62. The summed E-state index contributed by atoms with van der Waals surface area (Å²) in [6.45, 7) is 1.60. The molecule has 5 nitrogen and oxygen atoms in total. The quantitative estimate of drug-likeness (QED) is 0.746. The second kappa shape index (κ2) is 5.33. The lowest BCUT2D eigenvalue weighted by atomic mass is 10.4. The van der Waals surface area contributed by atoms with Crippen LogP contribution in [0.2, 0.25) is 0 Å². The number of alkyl halides is 1. The van der Waals surface area contributed by atoms with Crippen LogP contribution in [0.3, 0.4) is 0 Å². The molecule has 0 unspecified atom stereocenters. The van der Waals surface area contributed by atoms with Crippen LogP contribution in [0.25, 0.3) is 0 Å². The Hall–Kier alpha value is -1.59. The molecule has 0 bridgehead atoms. The topological polar surface area (TPSA) is 56.1 Å². The molecule has 0 saturated carbocycles. The zero-order valence-corrected chi connectivity index (χ0v) is 8.79. The summed E-state index contributed by atoms with van der Waals surface area (Å²) in [5.41, 5.74) is 0.189. The molecule has 0 aliphatic rings. The fraction of sp³-hybridized carbons (Fsp3) is 0.556. The number of anilines is 1. The minimum Gasteiger partial charge on any atom is -0.461 e. The maximum Gasteiger partial charge on any atom is 0.358 e. The first-order valence-electron chi connectivity index (χ1n) is 4.71. The predicted octanol–water partition coefficient (Wildman–Crippen LogP) is 1.07. The maximum absolute atomic E-state index is 12.1. The summed E-state index contributed by atoms with van der Waals surface area (Å²) < 4.78 is 18.3. The van der Waals surface area contributed by atoms with Gasteiger partial charge in [-0.25, -0.2) is 13.9 Å². The van der Waals surface area contributed by atoms with Crippen molar-refractivity contribution < 1.29 is 13.9 Å². The van der Waals surface area contributed by atoms with Gasteiger partial charge in [0.1, 0.15) is 12.5 Å². The number of hydrogen-bond acceptors (Lipinski definition) is 4. The summed E-state index contributed by atoms with van der Waals surface area (Å²) in [5.74, 6) is 0.0994. The number of carbonyl (C=O) groups excluding carboxylic acids is 1. The Bertz CT molecular complexity index is 338. The van der Waals surface area contributed by atoms with Crippen LogP contribution in [0, 0.1) is 0 Å². The molecule has 0 aromatic carbocycles. The Morgan fingerprint density at radius 1 is 1.73 bits per heavy atom. The first-order chi connectivity index (χ1) is 7.22. The van der Waals surface area contributed by atoms with Crippen LogP contribution >= 0.6 is 0 Å². The number of nitrogens with zero attached hydrogens (tertiary/aromatic N) is 2. The summed E-state index contributed by atoms with van der Waals surface area (Å²) >= 11 is 0. The third-order valence-electron chi connectivity index (χ3n) is 1.82. The highest BCUT2D eigenvalue weighted by molar-refractivity contribution is 5.88. The summed E-state index contributed by atoms with van der Waals surface area (Å²) in [6, 6.07) is 1.54. The first-order valence-corrected chi connectivity index (χ1v) is 4.71. The molecule has 1 heterocycles. The maximum atomic E-state index is 12.1. The van der Waals surface area contributed by atoms with E-state index in [9.17, 15) is 9.18 Å². The molecule has 1 aromatic heterocycles. The smallest absolute Gasteiger partial charge is 0.358 e. The highest BCUT2D eigenvalue weighted by Crippen LogP contribution is 2.10. The molecule has 0 amide bonds. The first kappa shape index (κ1) is 11.5. The lowest BCUT2D eigenvalue weighted by molar-refractivity contribution is 0.0518. The number of nitrogens with one attached hydrogen (secondary N) is 1. The van der Waals surface area contributed by atoms with E-state index in [-0.39, 0.29) is 12.2 Å². The van der Waals surface area contributed by atoms with Crippen molar-refractivity contribution in [1.82, 2.24) is 9.78 Å². The third-order valence-corrected chi connectivity index (χ3v) is 1.82. The average molecular weight is 215 g/mol. The number of halogens is 1. The van der Waals surface area contributed by atoms with E-state index in [1.807, 2.05) is 0 Å². The van der Waals surface area contributed by atoms with Gasteiger partial charge in [-0.1, -0.05) is 0 Å². The second-order valence-corrected chi connectivity index (χ2v) is 2.80. The van der Waals surface area contributed by atoms with Gasteiger partial charge >= 0.3 is 5.97 Å². The molecular formula is C9H14FN3O2. The zero-order chi connectivity index (χ0) is 11.3. The third kappa shape index (κ3) is 2.68. The van der Waals surface area contributed by atoms with Crippen LogP contribution in [0.1, 0.15) is 17.4 Å². The number of hydrogen-bond donors (Lipinski definition) is 1. The molecule has 1 rings (SSSR count). The minimum absolute atomic E-state index is 0.121. The molecular weight excluding hydrogens is 201 g/mol. The Kier molecular flexibility index (Phi) is 4.08. The van der Waals surface area contributed by atoms with Crippen LogP contribution in [-0.2, 0) is 11.3 Å². The van der Waals surface area contributed by atoms with Crippen molar-refractivity contribution in [3.8, 4) is 0 Å². The van der Waals surface area contributed by atoms with Crippen LogP contribution in [0.5, 0.6) is 0 Å². The molecule has 6 heteroatoms. The number of ether oxygens (including phenoxy) is 1. The van der Waals surface area contributed by atoms with Gasteiger partial charge in [-0.3, -0.25) is 0 Å². The van der Waals surface area contributed by atoms with Crippen LogP contribution in [0.15, 0.2) is 6.07 Å². The minimum atomic E-state index is -0.529. The Labute approximate surface area is 87.2 Å². The van der Waals surface area contributed by atoms with Gasteiger partial charge < -0.3 is 10.1 Å². The molecule has 0 aliphatic heterocycles. The summed E-state index contributed by atoms with van der Waals surface area (Å²) in [6.07, 6.45) is 0. The van der Waals surface area contributed by atoms with Crippen molar-refractivity contribution in [2.24, 2.45) is 0 Å². The van der Waals surface area contributed by atoms with Crippen LogP contribution in [0.4, 0.5) is 10.2 Å². The van der Waals surface area contributed by atoms with E-state index in [2.05, 4.69) is 10.4 Å². The van der Waals surface area contributed by atoms with Gasteiger partial charge in [0.05, 0.1) is 13.2 Å². The molecule has 1 aromatic rings. The molecule has 0 atom stereocenters. The second-order valence-electron chi connectivity index (χ2n) is 2.80. The Morgan fingerprint density at radius 3 is 3.00 bits per heavy atom. The van der Waals surface area contributed by atoms with Crippen LogP contribution in [-0.4, -0.2) is 36.1 Å². The molecule has 0 fully saturated rings. The molecule has 84 valence electrons. The molecule has 0 saturated heterocycles. The standard InChI is InChI=1S/C9H14FN3O2/c1-3-15-9(14)7-6-8(11-2)13(12-7)5-4-10/h6,11H,3-5H2,1-2H3. The number of aryl methyl sites for hydroxylation is 1. The predicted molar refractivity (Wildman–Crippen MR) is 53.7 cm³/mol. The monoisotopic (exact) mass is 215 g/mol. The van der Waals surface area contributed by atoms with E-state index >= 15 is 0 Å². The van der Waals surface area contributed by atoms with Gasteiger partial charge in [-0.05, 0) is 6.92 Å². The van der Waals surface area contributed by atoms with E-state index in [0.29, 0.717) is 12.4 Å². The van der Waals surface area contributed by atoms with Crippen molar-refractivity contribution in [1.29, 1.82) is 0 Å². The highest BCUT2D eigenvalue weighted by Gasteiger charge is 2.14. The van der Waals surface area contributed by atoms with E-state index in [1.54, 1.807) is 14.0 Å². The molecule has 1 N–H and O–H groups in total. The Balaban J connectivity index is 2.86. The van der Waals surface area contributed by atoms with E-state index in [1.165, 1.54) is 10.7 Å². The highest BCUT2D eigenvalue weighted by atomic mass is 19.1. The van der Waals surface area contributed by atoms with Gasteiger partial charge in [0.15, 0.2) is 5.69 Å². The lowest BCUT2D eigenvalue weighted by Crippen LogP contribution is -2.09. The van der Waals surface area contributed by atoms with Gasteiger partial charge in [-0.15, -0.1) is 0 Å². The van der Waals surface area contributed by atoms with Crippen molar-refractivity contribution in [2.45, 2.75) is 13.5 Å².